The fraction of sp³-hybridized carbons (Fsp3) is 0.278. The Kier molecular flexibility index (Phi) is 6.68. The maximum absolute atomic E-state index is 13.0. The van der Waals surface area contributed by atoms with Gasteiger partial charge in [-0.25, -0.2) is 4.39 Å². The summed E-state index contributed by atoms with van der Waals surface area (Å²) in [6.45, 7) is -0.599. The third-order valence-electron chi connectivity index (χ3n) is 3.51. The maximum atomic E-state index is 13.0. The minimum atomic E-state index is -2.85. The van der Waals surface area contributed by atoms with E-state index in [-0.39, 0.29) is 24.0 Å². The highest BCUT2D eigenvalue weighted by Crippen LogP contribution is 2.16. The average molecular weight is 352 g/mol. The number of hydrogen-bond acceptors (Lipinski definition) is 3. The lowest BCUT2D eigenvalue weighted by Crippen LogP contribution is -2.31. The summed E-state index contributed by atoms with van der Waals surface area (Å²) in [7, 11) is 0. The van der Waals surface area contributed by atoms with Crippen molar-refractivity contribution in [1.82, 2.24) is 5.32 Å². The van der Waals surface area contributed by atoms with Gasteiger partial charge in [-0.1, -0.05) is 12.1 Å². The van der Waals surface area contributed by atoms with Crippen molar-refractivity contribution >= 4 is 11.6 Å². The van der Waals surface area contributed by atoms with Crippen molar-refractivity contribution in [3.63, 3.8) is 0 Å². The van der Waals surface area contributed by atoms with Crippen molar-refractivity contribution < 1.29 is 22.7 Å². The first-order valence-corrected chi connectivity index (χ1v) is 7.74. The number of carbonyl (C=O) groups is 1. The number of amides is 1. The van der Waals surface area contributed by atoms with Gasteiger partial charge in [0.15, 0.2) is 0 Å². The third-order valence-corrected chi connectivity index (χ3v) is 3.51. The van der Waals surface area contributed by atoms with E-state index < -0.39 is 6.61 Å². The molecule has 0 heterocycles. The van der Waals surface area contributed by atoms with Crippen molar-refractivity contribution in [2.24, 2.45) is 0 Å². The molecule has 134 valence electrons. The van der Waals surface area contributed by atoms with Gasteiger partial charge < -0.3 is 15.4 Å². The second kappa shape index (κ2) is 8.96. The van der Waals surface area contributed by atoms with Crippen molar-refractivity contribution in [1.29, 1.82) is 0 Å². The molecule has 1 amide bonds. The van der Waals surface area contributed by atoms with Crippen molar-refractivity contribution in [2.45, 2.75) is 20.0 Å². The summed E-state index contributed by atoms with van der Waals surface area (Å²) in [5.41, 5.74) is 2.31. The monoisotopic (exact) mass is 352 g/mol. The van der Waals surface area contributed by atoms with Gasteiger partial charge in [-0.05, 0) is 54.8 Å². The molecule has 2 aromatic carbocycles. The van der Waals surface area contributed by atoms with Crippen LogP contribution in [-0.4, -0.2) is 25.6 Å². The first-order chi connectivity index (χ1) is 11.9. The molecule has 0 aliphatic carbocycles. The number of benzene rings is 2. The Labute approximate surface area is 144 Å². The van der Waals surface area contributed by atoms with Gasteiger partial charge in [-0.3, -0.25) is 4.79 Å². The average Bonchev–Trinajstić information content (AvgIpc) is 2.55. The molecule has 0 radical (unpaired) electrons. The lowest BCUT2D eigenvalue weighted by atomic mass is 10.1. The lowest BCUT2D eigenvalue weighted by molar-refractivity contribution is -0.119. The Morgan fingerprint density at radius 1 is 1.16 bits per heavy atom. The fourth-order valence-electron chi connectivity index (χ4n) is 2.25. The van der Waals surface area contributed by atoms with Gasteiger partial charge in [0.25, 0.3) is 0 Å². The first kappa shape index (κ1) is 18.6. The number of hydrogen-bond donors (Lipinski definition) is 2. The van der Waals surface area contributed by atoms with Crippen molar-refractivity contribution in [3.05, 3.63) is 59.4 Å². The highest BCUT2D eigenvalue weighted by Gasteiger charge is 2.05. The predicted octanol–water partition coefficient (Wildman–Crippen LogP) is 3.51. The molecule has 2 rings (SSSR count). The minimum absolute atomic E-state index is 0.0770. The van der Waals surface area contributed by atoms with Gasteiger partial charge in [0, 0.05) is 12.2 Å². The first-order valence-electron chi connectivity index (χ1n) is 7.74. The molecule has 0 saturated carbocycles. The summed E-state index contributed by atoms with van der Waals surface area (Å²) in [4.78, 5) is 11.8. The zero-order chi connectivity index (χ0) is 18.2. The number of carbonyl (C=O) groups excluding carboxylic acids is 1. The number of ether oxygens (including phenoxy) is 1. The number of anilines is 1. The largest absolute Gasteiger partial charge is 0.435 e. The molecule has 0 fully saturated rings. The SMILES string of the molecule is Cc1cc(F)ccc1NCC(=O)NCCc1ccc(OC(F)F)cc1. The minimum Gasteiger partial charge on any atom is -0.435 e. The van der Waals surface area contributed by atoms with E-state index in [0.717, 1.165) is 11.1 Å². The van der Waals surface area contributed by atoms with Crippen LogP contribution in [0.3, 0.4) is 0 Å². The standard InChI is InChI=1S/C18H19F3N2O2/c1-12-10-14(19)4-7-16(12)23-11-17(24)22-9-8-13-2-5-15(6-3-13)25-18(20)21/h2-7,10,18,23H,8-9,11H2,1H3,(H,22,24). The molecule has 0 unspecified atom stereocenters. The molecule has 4 nitrogen and oxygen atoms in total. The molecule has 25 heavy (non-hydrogen) atoms. The number of nitrogens with one attached hydrogen (secondary N) is 2. The Morgan fingerprint density at radius 2 is 1.88 bits per heavy atom. The highest BCUT2D eigenvalue weighted by atomic mass is 19.3. The van der Waals surface area contributed by atoms with E-state index in [1.165, 1.54) is 24.3 Å². The summed E-state index contributed by atoms with van der Waals surface area (Å²) in [6.07, 6.45) is 0.566. The smallest absolute Gasteiger partial charge is 0.387 e. The Hall–Kier alpha value is -2.70. The van der Waals surface area contributed by atoms with Gasteiger partial charge in [-0.15, -0.1) is 0 Å². The van der Waals surface area contributed by atoms with Crippen molar-refractivity contribution in [3.8, 4) is 5.75 Å². The Balaban J connectivity index is 1.71. The Morgan fingerprint density at radius 3 is 2.52 bits per heavy atom. The highest BCUT2D eigenvalue weighted by molar-refractivity contribution is 5.80. The van der Waals surface area contributed by atoms with E-state index in [1.807, 2.05) is 0 Å². The van der Waals surface area contributed by atoms with E-state index in [4.69, 9.17) is 0 Å². The van der Waals surface area contributed by atoms with Crippen LogP contribution in [0.2, 0.25) is 0 Å². The normalized spacial score (nSPS) is 10.6. The topological polar surface area (TPSA) is 50.4 Å². The zero-order valence-electron chi connectivity index (χ0n) is 13.7. The van der Waals surface area contributed by atoms with Crippen LogP contribution in [0.25, 0.3) is 0 Å². The van der Waals surface area contributed by atoms with Gasteiger partial charge >= 0.3 is 6.61 Å². The second-order valence-corrected chi connectivity index (χ2v) is 5.44. The molecule has 0 aromatic heterocycles. The summed E-state index contributed by atoms with van der Waals surface area (Å²) in [6, 6.07) is 10.6. The van der Waals surface area contributed by atoms with Crippen LogP contribution in [0.4, 0.5) is 18.9 Å². The number of rotatable bonds is 8. The maximum Gasteiger partial charge on any atom is 0.387 e. The quantitative estimate of drug-likeness (QED) is 0.764. The van der Waals surface area contributed by atoms with Crippen molar-refractivity contribution in [2.75, 3.05) is 18.4 Å². The summed E-state index contributed by atoms with van der Waals surface area (Å²) in [5, 5.41) is 5.70. The number of aryl methyl sites for hydroxylation is 1. The Bertz CT molecular complexity index is 706. The van der Waals surface area contributed by atoms with E-state index in [9.17, 15) is 18.0 Å². The molecular formula is C18H19F3N2O2. The van der Waals surface area contributed by atoms with E-state index in [2.05, 4.69) is 15.4 Å². The van der Waals surface area contributed by atoms with Crippen LogP contribution < -0.4 is 15.4 Å². The van der Waals surface area contributed by atoms with Crippen LogP contribution in [0.1, 0.15) is 11.1 Å². The molecule has 0 saturated heterocycles. The molecule has 0 aliphatic rings. The molecule has 0 spiro atoms. The molecule has 0 aliphatic heterocycles. The third kappa shape index (κ3) is 6.37. The van der Waals surface area contributed by atoms with E-state index in [0.29, 0.717) is 18.7 Å². The zero-order valence-corrected chi connectivity index (χ0v) is 13.7. The number of halogens is 3. The summed E-state index contributed by atoms with van der Waals surface area (Å²) in [5.74, 6) is -0.416. The summed E-state index contributed by atoms with van der Waals surface area (Å²) < 4.78 is 41.4. The van der Waals surface area contributed by atoms with Crippen LogP contribution >= 0.6 is 0 Å². The van der Waals surface area contributed by atoms with Crippen LogP contribution in [0.15, 0.2) is 42.5 Å². The second-order valence-electron chi connectivity index (χ2n) is 5.44. The van der Waals surface area contributed by atoms with Crippen LogP contribution in [-0.2, 0) is 11.2 Å². The molecule has 7 heteroatoms. The number of alkyl halides is 2. The van der Waals surface area contributed by atoms with Crippen LogP contribution in [0, 0.1) is 12.7 Å². The van der Waals surface area contributed by atoms with Gasteiger partial charge in [0.2, 0.25) is 5.91 Å². The molecular weight excluding hydrogens is 333 g/mol. The molecule has 2 aromatic rings. The van der Waals surface area contributed by atoms with Gasteiger partial charge in [0.1, 0.15) is 11.6 Å². The molecule has 2 N–H and O–H groups in total. The van der Waals surface area contributed by atoms with Crippen LogP contribution in [0.5, 0.6) is 5.75 Å². The summed E-state index contributed by atoms with van der Waals surface area (Å²) >= 11 is 0. The lowest BCUT2D eigenvalue weighted by Gasteiger charge is -2.10. The molecule has 0 bridgehead atoms. The van der Waals surface area contributed by atoms with E-state index >= 15 is 0 Å². The van der Waals surface area contributed by atoms with E-state index in [1.54, 1.807) is 25.1 Å². The van der Waals surface area contributed by atoms with Gasteiger partial charge in [-0.2, -0.15) is 8.78 Å². The van der Waals surface area contributed by atoms with Gasteiger partial charge in [0.05, 0.1) is 6.54 Å². The predicted molar refractivity (Wildman–Crippen MR) is 89.4 cm³/mol. The fourth-order valence-corrected chi connectivity index (χ4v) is 2.25. The molecule has 0 atom stereocenters.